The van der Waals surface area contributed by atoms with Crippen molar-refractivity contribution in [2.75, 3.05) is 5.32 Å². The molecule has 0 amide bonds. The first-order chi connectivity index (χ1) is 9.77. The Morgan fingerprint density at radius 2 is 2.05 bits per heavy atom. The van der Waals surface area contributed by atoms with Crippen LogP contribution in [0.5, 0.6) is 0 Å². The summed E-state index contributed by atoms with van der Waals surface area (Å²) in [5, 5.41) is 4.00. The number of halogens is 1. The molecule has 0 unspecified atom stereocenters. The highest BCUT2D eigenvalue weighted by atomic mass is 35.5. The van der Waals surface area contributed by atoms with E-state index in [2.05, 4.69) is 26.1 Å². The maximum absolute atomic E-state index is 12.7. The molecule has 0 spiro atoms. The molecule has 2 bridgehead atoms. The fourth-order valence-electron chi connectivity index (χ4n) is 4.00. The number of aryl methyl sites for hydroxylation is 1. The average molecular weight is 304 g/mol. The number of ketones is 1. The first-order valence-electron chi connectivity index (χ1n) is 7.55. The Hall–Kier alpha value is -1.28. The maximum Gasteiger partial charge on any atom is 0.167 e. The maximum atomic E-state index is 12.7. The predicted octanol–water partition coefficient (Wildman–Crippen LogP) is 4.97. The summed E-state index contributed by atoms with van der Waals surface area (Å²) < 4.78 is 0. The van der Waals surface area contributed by atoms with E-state index in [1.807, 2.05) is 31.3 Å². The van der Waals surface area contributed by atoms with Crippen LogP contribution < -0.4 is 5.32 Å². The van der Waals surface area contributed by atoms with Crippen LogP contribution in [-0.2, 0) is 4.79 Å². The van der Waals surface area contributed by atoms with E-state index in [1.165, 1.54) is 0 Å². The van der Waals surface area contributed by atoms with E-state index in [4.69, 9.17) is 11.6 Å². The number of carbonyl (C=O) groups is 1. The molecule has 2 saturated carbocycles. The standard InChI is InChI=1S/C18H22ClNO/c1-11-5-6-12(19)9-15(11)20-10-13-14-7-8-18(4,16(13)21)17(14,2)3/h5-6,9-10,14,20H,7-8H2,1-4H3/b13-10+/t14-,18+/m0/s1. The number of carbonyl (C=O) groups excluding carboxylic acids is 1. The van der Waals surface area contributed by atoms with Gasteiger partial charge in [-0.2, -0.15) is 0 Å². The van der Waals surface area contributed by atoms with Crippen molar-refractivity contribution >= 4 is 23.1 Å². The van der Waals surface area contributed by atoms with Crippen molar-refractivity contribution in [2.24, 2.45) is 16.7 Å². The number of hydrogen-bond acceptors (Lipinski definition) is 2. The van der Waals surface area contributed by atoms with Crippen molar-refractivity contribution in [1.82, 2.24) is 0 Å². The number of anilines is 1. The molecule has 0 aliphatic heterocycles. The fraction of sp³-hybridized carbons (Fsp3) is 0.500. The number of fused-ring (bicyclic) bond motifs is 2. The molecule has 2 aliphatic rings. The van der Waals surface area contributed by atoms with Crippen LogP contribution >= 0.6 is 11.6 Å². The smallest absolute Gasteiger partial charge is 0.167 e. The second-order valence-corrected chi connectivity index (χ2v) is 7.61. The Morgan fingerprint density at radius 1 is 1.33 bits per heavy atom. The topological polar surface area (TPSA) is 29.1 Å². The van der Waals surface area contributed by atoms with Crippen LogP contribution in [0.1, 0.15) is 39.2 Å². The van der Waals surface area contributed by atoms with Gasteiger partial charge >= 0.3 is 0 Å². The highest BCUT2D eigenvalue weighted by molar-refractivity contribution is 6.30. The second kappa shape index (κ2) is 4.61. The van der Waals surface area contributed by atoms with E-state index in [0.717, 1.165) is 29.7 Å². The van der Waals surface area contributed by atoms with Crippen molar-refractivity contribution < 1.29 is 4.79 Å². The van der Waals surface area contributed by atoms with Crippen LogP contribution in [0.2, 0.25) is 5.02 Å². The van der Waals surface area contributed by atoms with E-state index >= 15 is 0 Å². The molecule has 3 heteroatoms. The van der Waals surface area contributed by atoms with Gasteiger partial charge in [-0.05, 0) is 48.8 Å². The van der Waals surface area contributed by atoms with Gasteiger partial charge in [0.15, 0.2) is 5.78 Å². The van der Waals surface area contributed by atoms with Crippen LogP contribution in [0.25, 0.3) is 0 Å². The summed E-state index contributed by atoms with van der Waals surface area (Å²) in [6.45, 7) is 8.62. The normalized spacial score (nSPS) is 32.0. The molecule has 3 rings (SSSR count). The SMILES string of the molecule is Cc1ccc(Cl)cc1N/C=C1/C(=O)[C@@]2(C)CC[C@@H]1C2(C)C. The van der Waals surface area contributed by atoms with Crippen molar-refractivity contribution in [3.63, 3.8) is 0 Å². The highest BCUT2D eigenvalue weighted by Gasteiger charge is 2.63. The fourth-order valence-corrected chi connectivity index (χ4v) is 4.17. The van der Waals surface area contributed by atoms with Crippen LogP contribution in [0.3, 0.4) is 0 Å². The molecule has 0 radical (unpaired) electrons. The van der Waals surface area contributed by atoms with Gasteiger partial charge in [0.2, 0.25) is 0 Å². The third-order valence-corrected chi connectivity index (χ3v) is 6.18. The lowest BCUT2D eigenvalue weighted by Gasteiger charge is -2.31. The molecule has 1 N–H and O–H groups in total. The second-order valence-electron chi connectivity index (χ2n) is 7.18. The zero-order valence-electron chi connectivity index (χ0n) is 13.1. The highest BCUT2D eigenvalue weighted by Crippen LogP contribution is 2.65. The van der Waals surface area contributed by atoms with Crippen molar-refractivity contribution in [3.05, 3.63) is 40.6 Å². The number of hydrogen-bond donors (Lipinski definition) is 1. The van der Waals surface area contributed by atoms with Crippen LogP contribution in [-0.4, -0.2) is 5.78 Å². The molecule has 1 aromatic carbocycles. The van der Waals surface area contributed by atoms with Crippen LogP contribution in [0.4, 0.5) is 5.69 Å². The van der Waals surface area contributed by atoms with Gasteiger partial charge in [-0.25, -0.2) is 0 Å². The summed E-state index contributed by atoms with van der Waals surface area (Å²) in [7, 11) is 0. The number of Topliss-reactive ketones (excluding diaryl/α,β-unsaturated/α-hetero) is 1. The summed E-state index contributed by atoms with van der Waals surface area (Å²) in [6.07, 6.45) is 4.03. The molecule has 2 fully saturated rings. The quantitative estimate of drug-likeness (QED) is 0.782. The molecular formula is C18H22ClNO. The average Bonchev–Trinajstić information content (AvgIpc) is 2.73. The van der Waals surface area contributed by atoms with E-state index in [9.17, 15) is 4.79 Å². The molecule has 1 aromatic rings. The third-order valence-electron chi connectivity index (χ3n) is 5.95. The lowest BCUT2D eigenvalue weighted by Crippen LogP contribution is -2.32. The zero-order chi connectivity index (χ0) is 15.4. The summed E-state index contributed by atoms with van der Waals surface area (Å²) in [6, 6.07) is 5.76. The molecule has 2 aliphatic carbocycles. The summed E-state index contributed by atoms with van der Waals surface area (Å²) >= 11 is 6.04. The molecular weight excluding hydrogens is 282 g/mol. The van der Waals surface area contributed by atoms with Crippen LogP contribution in [0.15, 0.2) is 30.0 Å². The van der Waals surface area contributed by atoms with Gasteiger partial charge in [-0.15, -0.1) is 0 Å². The summed E-state index contributed by atoms with van der Waals surface area (Å²) in [5.74, 6) is 0.679. The summed E-state index contributed by atoms with van der Waals surface area (Å²) in [5.41, 5.74) is 2.90. The van der Waals surface area contributed by atoms with Gasteiger partial charge < -0.3 is 5.32 Å². The molecule has 0 saturated heterocycles. The molecule has 2 atom stereocenters. The minimum absolute atomic E-state index is 0.0565. The number of allylic oxidation sites excluding steroid dienone is 1. The van der Waals surface area contributed by atoms with E-state index in [-0.39, 0.29) is 10.8 Å². The van der Waals surface area contributed by atoms with Crippen molar-refractivity contribution in [3.8, 4) is 0 Å². The van der Waals surface area contributed by atoms with E-state index < -0.39 is 0 Å². The number of nitrogens with one attached hydrogen (secondary N) is 1. The van der Waals surface area contributed by atoms with E-state index in [1.54, 1.807) is 0 Å². The lowest BCUT2D eigenvalue weighted by molar-refractivity contribution is -0.125. The van der Waals surface area contributed by atoms with Gasteiger partial charge in [-0.1, -0.05) is 38.4 Å². The molecule has 0 aromatic heterocycles. The minimum Gasteiger partial charge on any atom is -0.361 e. The number of rotatable bonds is 2. The monoisotopic (exact) mass is 303 g/mol. The van der Waals surface area contributed by atoms with Crippen molar-refractivity contribution in [2.45, 2.75) is 40.5 Å². The van der Waals surface area contributed by atoms with Gasteiger partial charge in [-0.3, -0.25) is 4.79 Å². The predicted molar refractivity (Wildman–Crippen MR) is 87.5 cm³/mol. The van der Waals surface area contributed by atoms with Gasteiger partial charge in [0, 0.05) is 27.9 Å². The first-order valence-corrected chi connectivity index (χ1v) is 7.93. The summed E-state index contributed by atoms with van der Waals surface area (Å²) in [4.78, 5) is 12.7. The molecule has 112 valence electrons. The Kier molecular flexibility index (Phi) is 3.21. The van der Waals surface area contributed by atoms with Crippen LogP contribution in [0, 0.1) is 23.7 Å². The minimum atomic E-state index is -0.200. The Labute approximate surface area is 131 Å². The number of benzene rings is 1. The third kappa shape index (κ3) is 1.96. The largest absolute Gasteiger partial charge is 0.361 e. The molecule has 21 heavy (non-hydrogen) atoms. The van der Waals surface area contributed by atoms with Gasteiger partial charge in [0.1, 0.15) is 0 Å². The Morgan fingerprint density at radius 3 is 2.67 bits per heavy atom. The van der Waals surface area contributed by atoms with Gasteiger partial charge in [0.25, 0.3) is 0 Å². The zero-order valence-corrected chi connectivity index (χ0v) is 13.8. The Balaban J connectivity index is 1.92. The molecule has 0 heterocycles. The van der Waals surface area contributed by atoms with Gasteiger partial charge in [0.05, 0.1) is 0 Å². The Bertz CT molecular complexity index is 647. The van der Waals surface area contributed by atoms with Crippen molar-refractivity contribution in [1.29, 1.82) is 0 Å². The first kappa shape index (κ1) is 14.6. The lowest BCUT2D eigenvalue weighted by atomic mass is 9.70. The molecule has 2 nitrogen and oxygen atoms in total. The van der Waals surface area contributed by atoms with E-state index in [0.29, 0.717) is 16.7 Å².